The van der Waals surface area contributed by atoms with Gasteiger partial charge in [-0.2, -0.15) is 10.4 Å². The predicted octanol–water partition coefficient (Wildman–Crippen LogP) is 5.84. The van der Waals surface area contributed by atoms with Crippen molar-refractivity contribution in [2.24, 2.45) is 0 Å². The third kappa shape index (κ3) is 5.50. The van der Waals surface area contributed by atoms with Crippen LogP contribution in [0, 0.1) is 17.1 Å². The Morgan fingerprint density at radius 3 is 2.37 bits per heavy atom. The molecule has 5 rings (SSSR count). The zero-order valence-corrected chi connectivity index (χ0v) is 22.9. The number of benzene rings is 3. The number of aromatic amines is 1. The SMILES string of the molecule is CCOC(=O)c1cc(-c2ccc(S(=O)(=O)Nc3ccc(C#N)cc3F)cc2)nc2n[nH]c(-c3ccc(CC)cc3)c12. The third-order valence-electron chi connectivity index (χ3n) is 6.47. The molecule has 0 unspecified atom stereocenters. The number of aryl methyl sites for hydroxylation is 1. The predicted molar refractivity (Wildman–Crippen MR) is 152 cm³/mol. The molecule has 206 valence electrons. The molecule has 11 heteroatoms. The summed E-state index contributed by atoms with van der Waals surface area (Å²) in [5.74, 6) is -1.41. The molecule has 0 aliphatic carbocycles. The lowest BCUT2D eigenvalue weighted by molar-refractivity contribution is 0.0528. The molecule has 0 amide bonds. The molecular weight excluding hydrogens is 545 g/mol. The van der Waals surface area contributed by atoms with E-state index in [0.717, 1.165) is 18.1 Å². The van der Waals surface area contributed by atoms with E-state index in [-0.39, 0.29) is 28.3 Å². The highest BCUT2D eigenvalue weighted by Crippen LogP contribution is 2.32. The number of H-pyrrole nitrogens is 1. The van der Waals surface area contributed by atoms with Gasteiger partial charge < -0.3 is 4.74 Å². The van der Waals surface area contributed by atoms with Gasteiger partial charge in [0.1, 0.15) is 5.82 Å². The summed E-state index contributed by atoms with van der Waals surface area (Å²) in [7, 11) is -4.14. The van der Waals surface area contributed by atoms with Crippen molar-refractivity contribution in [2.75, 3.05) is 11.3 Å². The Bertz CT molecular complexity index is 1910. The van der Waals surface area contributed by atoms with Crippen molar-refractivity contribution in [1.82, 2.24) is 15.2 Å². The van der Waals surface area contributed by atoms with Crippen molar-refractivity contribution in [3.05, 3.63) is 95.3 Å². The van der Waals surface area contributed by atoms with Crippen molar-refractivity contribution in [1.29, 1.82) is 5.26 Å². The lowest BCUT2D eigenvalue weighted by Gasteiger charge is -2.11. The number of pyridine rings is 1. The van der Waals surface area contributed by atoms with Crippen molar-refractivity contribution in [3.63, 3.8) is 0 Å². The van der Waals surface area contributed by atoms with Gasteiger partial charge in [-0.15, -0.1) is 0 Å². The fraction of sp³-hybridized carbons (Fsp3) is 0.133. The van der Waals surface area contributed by atoms with Crippen LogP contribution in [0.1, 0.15) is 35.3 Å². The number of nitrogens with one attached hydrogen (secondary N) is 2. The van der Waals surface area contributed by atoms with Crippen molar-refractivity contribution in [3.8, 4) is 28.6 Å². The number of ether oxygens (including phenoxy) is 1. The highest BCUT2D eigenvalue weighted by molar-refractivity contribution is 7.92. The summed E-state index contributed by atoms with van der Waals surface area (Å²) in [5.41, 5.74) is 3.91. The van der Waals surface area contributed by atoms with Crippen molar-refractivity contribution < 1.29 is 22.3 Å². The van der Waals surface area contributed by atoms with Gasteiger partial charge in [-0.1, -0.05) is 43.3 Å². The molecule has 0 aliphatic rings. The molecule has 0 saturated heterocycles. The number of esters is 1. The third-order valence-corrected chi connectivity index (χ3v) is 7.85. The summed E-state index contributed by atoms with van der Waals surface area (Å²) in [6.07, 6.45) is 0.894. The molecule has 0 saturated carbocycles. The zero-order chi connectivity index (χ0) is 29.1. The highest BCUT2D eigenvalue weighted by Gasteiger charge is 2.22. The molecular formula is C30H24FN5O4S. The largest absolute Gasteiger partial charge is 0.462 e. The lowest BCUT2D eigenvalue weighted by Crippen LogP contribution is -2.14. The van der Waals surface area contributed by atoms with Crippen LogP contribution in [0.4, 0.5) is 10.1 Å². The van der Waals surface area contributed by atoms with E-state index in [2.05, 4.69) is 26.8 Å². The molecule has 41 heavy (non-hydrogen) atoms. The average Bonchev–Trinajstić information content (AvgIpc) is 3.42. The highest BCUT2D eigenvalue weighted by atomic mass is 32.2. The van der Waals surface area contributed by atoms with Crippen LogP contribution in [-0.4, -0.2) is 36.2 Å². The Balaban J connectivity index is 1.51. The van der Waals surface area contributed by atoms with E-state index >= 15 is 0 Å². The molecule has 2 aromatic heterocycles. The standard InChI is InChI=1S/C30H24FN5O4S/c1-3-18-5-8-21(9-6-18)28-27-23(30(37)40-4-2)16-26(33-29(27)35-34-28)20-10-12-22(13-11-20)41(38,39)36-25-14-7-19(17-32)15-24(25)31/h5-16,36H,3-4H2,1-2H3,(H,33,34,35). The number of nitriles is 1. The van der Waals surface area contributed by atoms with Crippen molar-refractivity contribution >= 4 is 32.7 Å². The number of carbonyl (C=O) groups excluding carboxylic acids is 1. The summed E-state index contributed by atoms with van der Waals surface area (Å²) >= 11 is 0. The maximum absolute atomic E-state index is 14.3. The van der Waals surface area contributed by atoms with Gasteiger partial charge in [0.2, 0.25) is 0 Å². The van der Waals surface area contributed by atoms with E-state index in [1.165, 1.54) is 42.0 Å². The van der Waals surface area contributed by atoms with Gasteiger partial charge in [-0.3, -0.25) is 9.82 Å². The van der Waals surface area contributed by atoms with E-state index in [1.54, 1.807) is 19.1 Å². The summed E-state index contributed by atoms with van der Waals surface area (Å²) in [4.78, 5) is 17.5. The number of carbonyl (C=O) groups is 1. The number of nitrogens with zero attached hydrogens (tertiary/aromatic N) is 3. The second-order valence-electron chi connectivity index (χ2n) is 9.06. The second-order valence-corrected chi connectivity index (χ2v) is 10.7. The molecule has 9 nitrogen and oxygen atoms in total. The normalized spacial score (nSPS) is 11.3. The number of halogens is 1. The first-order chi connectivity index (χ1) is 19.7. The van der Waals surface area contributed by atoms with Crippen molar-refractivity contribution in [2.45, 2.75) is 25.2 Å². The maximum atomic E-state index is 14.3. The molecule has 3 aromatic carbocycles. The topological polar surface area (TPSA) is 138 Å². The molecule has 0 atom stereocenters. The number of hydrogen-bond donors (Lipinski definition) is 2. The molecule has 0 radical (unpaired) electrons. The average molecular weight is 570 g/mol. The minimum atomic E-state index is -4.14. The Kier molecular flexibility index (Phi) is 7.50. The molecule has 5 aromatic rings. The minimum absolute atomic E-state index is 0.0693. The first kappa shape index (κ1) is 27.5. The summed E-state index contributed by atoms with van der Waals surface area (Å²) in [6.45, 7) is 3.96. The fourth-order valence-corrected chi connectivity index (χ4v) is 5.40. The van der Waals surface area contributed by atoms with Crippen LogP contribution in [0.15, 0.2) is 77.7 Å². The van der Waals surface area contributed by atoms with Crippen LogP contribution in [0.5, 0.6) is 0 Å². The molecule has 2 N–H and O–H groups in total. The lowest BCUT2D eigenvalue weighted by atomic mass is 10.0. The molecule has 2 heterocycles. The Labute approximate surface area is 235 Å². The fourth-order valence-electron chi connectivity index (χ4n) is 4.33. The Hall–Kier alpha value is -5.08. The molecule has 0 spiro atoms. The number of rotatable bonds is 8. The smallest absolute Gasteiger partial charge is 0.339 e. The quantitative estimate of drug-likeness (QED) is 0.224. The molecule has 0 bridgehead atoms. The minimum Gasteiger partial charge on any atom is -0.462 e. The molecule has 0 fully saturated rings. The van der Waals surface area contributed by atoms with Crippen LogP contribution in [0.25, 0.3) is 33.5 Å². The summed E-state index contributed by atoms with van der Waals surface area (Å²) < 4.78 is 47.6. The number of sulfonamides is 1. The number of aromatic nitrogens is 3. The van der Waals surface area contributed by atoms with E-state index in [1.807, 2.05) is 24.3 Å². The first-order valence-corrected chi connectivity index (χ1v) is 14.2. The van der Waals surface area contributed by atoms with Gasteiger partial charge in [0.05, 0.1) is 51.2 Å². The summed E-state index contributed by atoms with van der Waals surface area (Å²) in [5, 5.41) is 16.8. The van der Waals surface area contributed by atoms with Gasteiger partial charge in [0.15, 0.2) is 5.65 Å². The Morgan fingerprint density at radius 2 is 1.73 bits per heavy atom. The summed E-state index contributed by atoms with van der Waals surface area (Å²) in [6, 6.07) is 20.5. The van der Waals surface area contributed by atoms with Gasteiger partial charge >= 0.3 is 5.97 Å². The monoisotopic (exact) mass is 569 g/mol. The van der Waals surface area contributed by atoms with Crippen LogP contribution < -0.4 is 4.72 Å². The van der Waals surface area contributed by atoms with E-state index < -0.39 is 21.8 Å². The van der Waals surface area contributed by atoms with Gasteiger partial charge in [0.25, 0.3) is 10.0 Å². The number of hydrogen-bond acceptors (Lipinski definition) is 7. The number of fused-ring (bicyclic) bond motifs is 1. The van der Waals surface area contributed by atoms with E-state index in [0.29, 0.717) is 28.0 Å². The number of anilines is 1. The zero-order valence-electron chi connectivity index (χ0n) is 22.1. The van der Waals surface area contributed by atoms with Crippen LogP contribution in [0.3, 0.4) is 0 Å². The van der Waals surface area contributed by atoms with Gasteiger partial charge in [-0.05, 0) is 55.3 Å². The maximum Gasteiger partial charge on any atom is 0.339 e. The first-order valence-electron chi connectivity index (χ1n) is 12.7. The van der Waals surface area contributed by atoms with Crippen LogP contribution >= 0.6 is 0 Å². The van der Waals surface area contributed by atoms with Crippen LogP contribution in [0.2, 0.25) is 0 Å². The van der Waals surface area contributed by atoms with Crippen LogP contribution in [-0.2, 0) is 21.2 Å². The van der Waals surface area contributed by atoms with Gasteiger partial charge in [0, 0.05) is 11.1 Å². The van der Waals surface area contributed by atoms with E-state index in [4.69, 9.17) is 10.00 Å². The van der Waals surface area contributed by atoms with Gasteiger partial charge in [-0.25, -0.2) is 22.6 Å². The molecule has 0 aliphatic heterocycles. The second kappa shape index (κ2) is 11.2. The Morgan fingerprint density at radius 1 is 1.02 bits per heavy atom. The van der Waals surface area contributed by atoms with E-state index in [9.17, 15) is 17.6 Å².